The van der Waals surface area contributed by atoms with Crippen molar-refractivity contribution in [3.63, 3.8) is 0 Å². The summed E-state index contributed by atoms with van der Waals surface area (Å²) < 4.78 is 0.989. The van der Waals surface area contributed by atoms with Gasteiger partial charge in [-0.2, -0.15) is 5.26 Å². The molecule has 3 nitrogen and oxygen atoms in total. The van der Waals surface area contributed by atoms with Gasteiger partial charge in [0.1, 0.15) is 17.5 Å². The minimum absolute atomic E-state index is 0.258. The Morgan fingerprint density at radius 1 is 1.04 bits per heavy atom. The molecule has 0 aliphatic carbocycles. The molecule has 0 unspecified atom stereocenters. The van der Waals surface area contributed by atoms with E-state index in [1.165, 1.54) is 5.56 Å². The van der Waals surface area contributed by atoms with E-state index in [1.807, 2.05) is 30.3 Å². The molecular formula is C22H20BrN3. The van der Waals surface area contributed by atoms with Crippen LogP contribution in [0.1, 0.15) is 25.0 Å². The van der Waals surface area contributed by atoms with Crippen LogP contribution in [0.4, 0.5) is 5.82 Å². The van der Waals surface area contributed by atoms with E-state index in [2.05, 4.69) is 65.1 Å². The second kappa shape index (κ2) is 7.72. The molecule has 4 heteroatoms. The Hall–Kier alpha value is -2.64. The molecule has 0 spiro atoms. The fourth-order valence-corrected chi connectivity index (χ4v) is 3.23. The number of hydrogen-bond donors (Lipinski definition) is 1. The van der Waals surface area contributed by atoms with E-state index in [1.54, 1.807) is 0 Å². The third-order valence-corrected chi connectivity index (χ3v) is 4.74. The van der Waals surface area contributed by atoms with Crippen LogP contribution in [-0.2, 0) is 6.42 Å². The van der Waals surface area contributed by atoms with E-state index >= 15 is 0 Å². The lowest BCUT2D eigenvalue weighted by Crippen LogP contribution is -2.00. The summed E-state index contributed by atoms with van der Waals surface area (Å²) in [7, 11) is 0. The molecule has 130 valence electrons. The minimum atomic E-state index is 0.258. The van der Waals surface area contributed by atoms with E-state index in [0.717, 1.165) is 33.3 Å². The van der Waals surface area contributed by atoms with Crippen molar-refractivity contribution in [2.75, 3.05) is 5.73 Å². The highest BCUT2D eigenvalue weighted by atomic mass is 79.9. The Balaban J connectivity index is 2.06. The summed E-state index contributed by atoms with van der Waals surface area (Å²) in [5.41, 5.74) is 11.3. The third-order valence-electron chi connectivity index (χ3n) is 4.21. The first-order chi connectivity index (χ1) is 12.5. The summed E-state index contributed by atoms with van der Waals surface area (Å²) in [4.78, 5) is 4.45. The molecule has 0 radical (unpaired) electrons. The molecule has 1 aromatic heterocycles. The number of rotatable bonds is 4. The molecule has 0 saturated carbocycles. The van der Waals surface area contributed by atoms with Gasteiger partial charge in [-0.05, 0) is 41.7 Å². The largest absolute Gasteiger partial charge is 0.383 e. The van der Waals surface area contributed by atoms with E-state index in [4.69, 9.17) is 5.73 Å². The van der Waals surface area contributed by atoms with E-state index in [0.29, 0.717) is 11.5 Å². The van der Waals surface area contributed by atoms with Crippen LogP contribution in [0.2, 0.25) is 0 Å². The molecule has 26 heavy (non-hydrogen) atoms. The maximum absolute atomic E-state index is 9.52. The summed E-state index contributed by atoms with van der Waals surface area (Å²) >= 11 is 3.44. The highest BCUT2D eigenvalue weighted by molar-refractivity contribution is 9.10. The Bertz CT molecular complexity index is 952. The summed E-state index contributed by atoms with van der Waals surface area (Å²) in [6.07, 6.45) is 1.05. The zero-order valence-electron chi connectivity index (χ0n) is 14.8. The number of anilines is 1. The number of pyridine rings is 1. The molecule has 0 amide bonds. The Labute approximate surface area is 162 Å². The highest BCUT2D eigenvalue weighted by Crippen LogP contribution is 2.32. The summed E-state index contributed by atoms with van der Waals surface area (Å²) in [6.45, 7) is 4.42. The standard InChI is InChI=1S/C22H20BrN3/c1-14(2)11-15-3-5-17(6-4-15)21-12-19(20(13-24)22(25)26-21)16-7-9-18(23)10-8-16/h3-10,12,14H,11H2,1-2H3,(H2,25,26). The molecule has 0 bridgehead atoms. The molecule has 1 heterocycles. The van der Waals surface area contributed by atoms with Gasteiger partial charge < -0.3 is 5.73 Å². The van der Waals surface area contributed by atoms with Crippen LogP contribution in [0.25, 0.3) is 22.4 Å². The number of halogens is 1. The predicted molar refractivity (Wildman–Crippen MR) is 110 cm³/mol. The van der Waals surface area contributed by atoms with Crippen LogP contribution in [0.15, 0.2) is 59.1 Å². The van der Waals surface area contributed by atoms with Crippen molar-refractivity contribution in [3.8, 4) is 28.5 Å². The molecule has 3 rings (SSSR count). The maximum atomic E-state index is 9.52. The van der Waals surface area contributed by atoms with Gasteiger partial charge in [0.25, 0.3) is 0 Å². The van der Waals surface area contributed by atoms with E-state index in [-0.39, 0.29) is 5.82 Å². The molecule has 3 aromatic rings. The van der Waals surface area contributed by atoms with Gasteiger partial charge in [0.05, 0.1) is 5.69 Å². The van der Waals surface area contributed by atoms with E-state index in [9.17, 15) is 5.26 Å². The first-order valence-electron chi connectivity index (χ1n) is 8.54. The fourth-order valence-electron chi connectivity index (χ4n) is 2.97. The summed E-state index contributed by atoms with van der Waals surface area (Å²) in [5, 5.41) is 9.52. The van der Waals surface area contributed by atoms with Crippen molar-refractivity contribution in [3.05, 3.63) is 70.2 Å². The molecular weight excluding hydrogens is 386 g/mol. The van der Waals surface area contributed by atoms with Crippen LogP contribution in [0.5, 0.6) is 0 Å². The number of nitrogen functional groups attached to an aromatic ring is 1. The number of nitrogens with two attached hydrogens (primary N) is 1. The van der Waals surface area contributed by atoms with Crippen molar-refractivity contribution in [2.24, 2.45) is 5.92 Å². The zero-order valence-corrected chi connectivity index (χ0v) is 16.4. The third kappa shape index (κ3) is 3.95. The Kier molecular flexibility index (Phi) is 5.39. The molecule has 2 N–H and O–H groups in total. The van der Waals surface area contributed by atoms with Crippen LogP contribution < -0.4 is 5.73 Å². The monoisotopic (exact) mass is 405 g/mol. The number of aromatic nitrogens is 1. The van der Waals surface area contributed by atoms with Crippen molar-refractivity contribution >= 4 is 21.7 Å². The van der Waals surface area contributed by atoms with E-state index < -0.39 is 0 Å². The van der Waals surface area contributed by atoms with Gasteiger partial charge in [-0.25, -0.2) is 4.98 Å². The van der Waals surface area contributed by atoms with Crippen molar-refractivity contribution in [2.45, 2.75) is 20.3 Å². The lowest BCUT2D eigenvalue weighted by atomic mass is 9.97. The van der Waals surface area contributed by atoms with Crippen molar-refractivity contribution in [1.82, 2.24) is 4.98 Å². The molecule has 0 aliphatic heterocycles. The normalized spacial score (nSPS) is 10.7. The second-order valence-electron chi connectivity index (χ2n) is 6.73. The van der Waals surface area contributed by atoms with Gasteiger partial charge in [0.2, 0.25) is 0 Å². The average molecular weight is 406 g/mol. The van der Waals surface area contributed by atoms with Crippen molar-refractivity contribution < 1.29 is 0 Å². The van der Waals surface area contributed by atoms with Gasteiger partial charge in [0, 0.05) is 15.6 Å². The van der Waals surface area contributed by atoms with Gasteiger partial charge in [-0.15, -0.1) is 0 Å². The molecule has 0 saturated heterocycles. The number of nitrogens with zero attached hydrogens (tertiary/aromatic N) is 2. The number of benzene rings is 2. The maximum Gasteiger partial charge on any atom is 0.142 e. The molecule has 0 fully saturated rings. The Morgan fingerprint density at radius 3 is 2.23 bits per heavy atom. The van der Waals surface area contributed by atoms with Crippen LogP contribution in [0.3, 0.4) is 0 Å². The molecule has 0 aliphatic rings. The quantitative estimate of drug-likeness (QED) is 0.593. The van der Waals surface area contributed by atoms with Gasteiger partial charge in [-0.1, -0.05) is 66.2 Å². The molecule has 2 aromatic carbocycles. The Morgan fingerprint density at radius 2 is 1.65 bits per heavy atom. The van der Waals surface area contributed by atoms with Crippen LogP contribution >= 0.6 is 15.9 Å². The lowest BCUT2D eigenvalue weighted by molar-refractivity contribution is 0.647. The smallest absolute Gasteiger partial charge is 0.142 e. The number of nitriles is 1. The lowest BCUT2D eigenvalue weighted by Gasteiger charge is -2.11. The summed E-state index contributed by atoms with van der Waals surface area (Å²) in [6, 6.07) is 20.4. The fraction of sp³-hybridized carbons (Fsp3) is 0.182. The van der Waals surface area contributed by atoms with Crippen LogP contribution in [-0.4, -0.2) is 4.98 Å². The minimum Gasteiger partial charge on any atom is -0.383 e. The number of hydrogen-bond acceptors (Lipinski definition) is 3. The van der Waals surface area contributed by atoms with Gasteiger partial charge in [-0.3, -0.25) is 0 Å². The van der Waals surface area contributed by atoms with Gasteiger partial charge >= 0.3 is 0 Å². The predicted octanol–water partition coefficient (Wildman–Crippen LogP) is 5.83. The molecule has 0 atom stereocenters. The highest BCUT2D eigenvalue weighted by Gasteiger charge is 2.13. The zero-order chi connectivity index (χ0) is 18.7. The second-order valence-corrected chi connectivity index (χ2v) is 7.64. The van der Waals surface area contributed by atoms with Gasteiger partial charge in [0.15, 0.2) is 0 Å². The van der Waals surface area contributed by atoms with Crippen LogP contribution in [0, 0.1) is 17.2 Å². The topological polar surface area (TPSA) is 62.7 Å². The van der Waals surface area contributed by atoms with Crippen molar-refractivity contribution in [1.29, 1.82) is 5.26 Å². The SMILES string of the molecule is CC(C)Cc1ccc(-c2cc(-c3ccc(Br)cc3)c(C#N)c(N)n2)cc1. The first kappa shape index (κ1) is 18.2. The average Bonchev–Trinajstić information content (AvgIpc) is 2.62. The summed E-state index contributed by atoms with van der Waals surface area (Å²) in [5.74, 6) is 0.878. The first-order valence-corrected chi connectivity index (χ1v) is 9.33.